The van der Waals surface area contributed by atoms with Crippen LogP contribution in [0.5, 0.6) is 0 Å². The van der Waals surface area contributed by atoms with Crippen molar-refractivity contribution in [2.45, 2.75) is 62.8 Å². The van der Waals surface area contributed by atoms with Gasteiger partial charge in [0.1, 0.15) is 0 Å². The second-order valence-electron chi connectivity index (χ2n) is 8.65. The van der Waals surface area contributed by atoms with Crippen molar-refractivity contribution in [1.82, 2.24) is 9.62 Å². The molecule has 1 N–H and O–H groups in total. The molecule has 6 nitrogen and oxygen atoms in total. The van der Waals surface area contributed by atoms with Crippen LogP contribution in [0.4, 0.5) is 0 Å². The van der Waals surface area contributed by atoms with E-state index in [0.717, 1.165) is 44.1 Å². The zero-order chi connectivity index (χ0) is 22.6. The van der Waals surface area contributed by atoms with Gasteiger partial charge in [-0.05, 0) is 67.0 Å². The summed E-state index contributed by atoms with van der Waals surface area (Å²) < 4.78 is 27.0. The fourth-order valence-corrected chi connectivity index (χ4v) is 5.96. The lowest BCUT2D eigenvalue weighted by Gasteiger charge is -2.25. The Hall–Kier alpha value is -2.51. The summed E-state index contributed by atoms with van der Waals surface area (Å²) in [6, 6.07) is 12.5. The van der Waals surface area contributed by atoms with E-state index in [4.69, 9.17) is 0 Å². The van der Waals surface area contributed by atoms with Crippen LogP contribution in [0.15, 0.2) is 47.4 Å². The first-order chi connectivity index (χ1) is 15.4. The van der Waals surface area contributed by atoms with Crippen LogP contribution in [0, 0.1) is 0 Å². The molecule has 7 heteroatoms. The number of carbonyl (C=O) groups is 2. The first kappa shape index (κ1) is 22.7. The Morgan fingerprint density at radius 1 is 0.844 bits per heavy atom. The van der Waals surface area contributed by atoms with Gasteiger partial charge in [-0.3, -0.25) is 9.59 Å². The molecule has 1 fully saturated rings. The van der Waals surface area contributed by atoms with Gasteiger partial charge in [-0.15, -0.1) is 0 Å². The van der Waals surface area contributed by atoms with E-state index in [9.17, 15) is 18.0 Å². The third-order valence-corrected chi connectivity index (χ3v) is 8.28. The zero-order valence-electron chi connectivity index (χ0n) is 18.3. The summed E-state index contributed by atoms with van der Waals surface area (Å²) in [4.78, 5) is 24.9. The van der Waals surface area contributed by atoms with Crippen molar-refractivity contribution in [3.8, 4) is 0 Å². The standard InChI is InChI=1S/C25H30N2O4S/c28-24(22-10-9-20-5-4-6-21(20)17-22)13-14-25(29)26-18-19-7-11-23(12-8-19)32(30,31)27-15-2-1-3-16-27/h7-12,17H,1-6,13-16,18H2,(H,26,29). The number of nitrogens with one attached hydrogen (secondary N) is 1. The number of carbonyl (C=O) groups excluding carboxylic acids is 2. The van der Waals surface area contributed by atoms with E-state index in [2.05, 4.69) is 5.32 Å². The van der Waals surface area contributed by atoms with Crippen LogP contribution in [0.25, 0.3) is 0 Å². The molecular formula is C25H30N2O4S. The Morgan fingerprint density at radius 3 is 2.31 bits per heavy atom. The monoisotopic (exact) mass is 454 g/mol. The maximum Gasteiger partial charge on any atom is 0.243 e. The van der Waals surface area contributed by atoms with E-state index in [-0.39, 0.29) is 29.4 Å². The number of sulfonamides is 1. The van der Waals surface area contributed by atoms with Crippen molar-refractivity contribution < 1.29 is 18.0 Å². The van der Waals surface area contributed by atoms with Crippen molar-refractivity contribution in [3.05, 3.63) is 64.7 Å². The molecule has 0 aromatic heterocycles. The Balaban J connectivity index is 1.25. The maximum absolute atomic E-state index is 12.7. The number of hydrogen-bond acceptors (Lipinski definition) is 4. The molecule has 0 unspecified atom stereocenters. The molecule has 4 rings (SSSR count). The summed E-state index contributed by atoms with van der Waals surface area (Å²) in [5.41, 5.74) is 4.09. The van der Waals surface area contributed by atoms with Gasteiger partial charge >= 0.3 is 0 Å². The summed E-state index contributed by atoms with van der Waals surface area (Å²) in [5, 5.41) is 2.82. The molecule has 32 heavy (non-hydrogen) atoms. The predicted molar refractivity (Wildman–Crippen MR) is 123 cm³/mol. The third kappa shape index (κ3) is 5.27. The average Bonchev–Trinajstić information content (AvgIpc) is 3.30. The summed E-state index contributed by atoms with van der Waals surface area (Å²) >= 11 is 0. The van der Waals surface area contributed by atoms with Gasteiger partial charge in [-0.1, -0.05) is 30.7 Å². The summed E-state index contributed by atoms with van der Waals surface area (Å²) in [5.74, 6) is -0.202. The maximum atomic E-state index is 12.7. The summed E-state index contributed by atoms with van der Waals surface area (Å²) in [6.45, 7) is 1.45. The lowest BCUT2D eigenvalue weighted by atomic mass is 10.0. The van der Waals surface area contributed by atoms with Crippen LogP contribution in [0.1, 0.15) is 65.6 Å². The van der Waals surface area contributed by atoms with Gasteiger partial charge in [0.25, 0.3) is 0 Å². The van der Waals surface area contributed by atoms with Crippen molar-refractivity contribution in [1.29, 1.82) is 0 Å². The quantitative estimate of drug-likeness (QED) is 0.618. The van der Waals surface area contributed by atoms with Gasteiger partial charge < -0.3 is 5.32 Å². The fraction of sp³-hybridized carbons (Fsp3) is 0.440. The second kappa shape index (κ2) is 9.96. The number of hydrogen-bond donors (Lipinski definition) is 1. The molecule has 1 aliphatic heterocycles. The average molecular weight is 455 g/mol. The molecule has 0 bridgehead atoms. The van der Waals surface area contributed by atoms with E-state index in [1.807, 2.05) is 18.2 Å². The number of rotatable bonds is 8. The fourth-order valence-electron chi connectivity index (χ4n) is 4.44. The van der Waals surface area contributed by atoms with Gasteiger partial charge in [0.2, 0.25) is 15.9 Å². The lowest BCUT2D eigenvalue weighted by molar-refractivity contribution is -0.121. The predicted octanol–water partition coefficient (Wildman–Crippen LogP) is 3.63. The van der Waals surface area contributed by atoms with E-state index in [0.29, 0.717) is 25.2 Å². The molecule has 0 spiro atoms. The van der Waals surface area contributed by atoms with Crippen molar-refractivity contribution in [2.75, 3.05) is 13.1 Å². The van der Waals surface area contributed by atoms with Gasteiger partial charge in [0.05, 0.1) is 4.90 Å². The Kier molecular flexibility index (Phi) is 7.06. The van der Waals surface area contributed by atoms with E-state index >= 15 is 0 Å². The Labute approximate surface area is 190 Å². The highest BCUT2D eigenvalue weighted by Crippen LogP contribution is 2.24. The SMILES string of the molecule is O=C(CCC(=O)c1ccc2c(c1)CCC2)NCc1ccc(S(=O)(=O)N2CCCCC2)cc1. The molecule has 2 aromatic rings. The lowest BCUT2D eigenvalue weighted by Crippen LogP contribution is -2.35. The van der Waals surface area contributed by atoms with E-state index < -0.39 is 10.0 Å². The molecule has 1 aliphatic carbocycles. The Morgan fingerprint density at radius 2 is 1.56 bits per heavy atom. The van der Waals surface area contributed by atoms with Crippen molar-refractivity contribution in [3.63, 3.8) is 0 Å². The molecule has 1 amide bonds. The molecule has 0 atom stereocenters. The number of Topliss-reactive ketones (excluding diaryl/α,β-unsaturated/α-hetero) is 1. The molecule has 2 aromatic carbocycles. The van der Waals surface area contributed by atoms with Gasteiger partial charge in [0.15, 0.2) is 5.78 Å². The topological polar surface area (TPSA) is 83.5 Å². The van der Waals surface area contributed by atoms with Gasteiger partial charge in [-0.2, -0.15) is 4.31 Å². The number of fused-ring (bicyclic) bond motifs is 1. The van der Waals surface area contributed by atoms with Gasteiger partial charge in [0, 0.05) is 38.0 Å². The first-order valence-electron chi connectivity index (χ1n) is 11.4. The minimum Gasteiger partial charge on any atom is -0.352 e. The molecule has 0 radical (unpaired) electrons. The van der Waals surface area contributed by atoms with Crippen LogP contribution in [-0.2, 0) is 34.2 Å². The molecule has 0 saturated carbocycles. The number of nitrogens with zero attached hydrogens (tertiary/aromatic N) is 1. The zero-order valence-corrected chi connectivity index (χ0v) is 19.1. The highest BCUT2D eigenvalue weighted by molar-refractivity contribution is 7.89. The number of ketones is 1. The van der Waals surface area contributed by atoms with Crippen LogP contribution in [-0.4, -0.2) is 37.5 Å². The van der Waals surface area contributed by atoms with Crippen LogP contribution >= 0.6 is 0 Å². The van der Waals surface area contributed by atoms with Crippen LogP contribution < -0.4 is 5.32 Å². The number of aryl methyl sites for hydroxylation is 2. The van der Waals surface area contributed by atoms with Crippen LogP contribution in [0.3, 0.4) is 0 Å². The third-order valence-electron chi connectivity index (χ3n) is 6.37. The molecule has 1 saturated heterocycles. The molecular weight excluding hydrogens is 424 g/mol. The highest BCUT2D eigenvalue weighted by atomic mass is 32.2. The first-order valence-corrected chi connectivity index (χ1v) is 12.9. The summed E-state index contributed by atoms with van der Waals surface area (Å²) in [6.07, 6.45) is 6.43. The minimum atomic E-state index is -3.45. The second-order valence-corrected chi connectivity index (χ2v) is 10.6. The van der Waals surface area contributed by atoms with Crippen LogP contribution in [0.2, 0.25) is 0 Å². The number of benzene rings is 2. The van der Waals surface area contributed by atoms with E-state index in [1.165, 1.54) is 11.1 Å². The largest absolute Gasteiger partial charge is 0.352 e. The van der Waals surface area contributed by atoms with Gasteiger partial charge in [-0.25, -0.2) is 8.42 Å². The smallest absolute Gasteiger partial charge is 0.243 e. The molecule has 2 aliphatic rings. The highest BCUT2D eigenvalue weighted by Gasteiger charge is 2.25. The molecule has 170 valence electrons. The van der Waals surface area contributed by atoms with Crippen molar-refractivity contribution >= 4 is 21.7 Å². The summed E-state index contributed by atoms with van der Waals surface area (Å²) in [7, 11) is -3.45. The number of amides is 1. The number of piperidine rings is 1. The Bertz CT molecular complexity index is 1090. The normalized spacial score (nSPS) is 16.5. The molecule has 1 heterocycles. The minimum absolute atomic E-state index is 0.0119. The van der Waals surface area contributed by atoms with Crippen molar-refractivity contribution in [2.24, 2.45) is 0 Å². The van der Waals surface area contributed by atoms with E-state index in [1.54, 1.807) is 28.6 Å².